The number of aryl methyl sites for hydroxylation is 2. The Balaban J connectivity index is 2.07. The van der Waals surface area contributed by atoms with Crippen LogP contribution in [0.15, 0.2) is 40.2 Å². The Bertz CT molecular complexity index is 1130. The Morgan fingerprint density at radius 1 is 1.22 bits per heavy atom. The van der Waals surface area contributed by atoms with Crippen molar-refractivity contribution in [3.63, 3.8) is 0 Å². The molecule has 3 rings (SSSR count). The molecule has 0 aliphatic rings. The fraction of sp³-hybridized carbons (Fsp3) is 0.368. The number of hydrogen-bond acceptors (Lipinski definition) is 4. The molecule has 1 unspecified atom stereocenters. The topological polar surface area (TPSA) is 69.0 Å². The van der Waals surface area contributed by atoms with E-state index in [1.807, 2.05) is 50.5 Å². The first-order chi connectivity index (χ1) is 12.8. The largest absolute Gasteiger partial charge is 0.377 e. The summed E-state index contributed by atoms with van der Waals surface area (Å²) in [6, 6.07) is 7.42. The first-order valence-electron chi connectivity index (χ1n) is 8.75. The number of ether oxygens (including phenoxy) is 1. The number of benzene rings is 1. The smallest absolute Gasteiger partial charge is 0.277 e. The third-order valence-electron chi connectivity index (χ3n) is 4.43. The van der Waals surface area contributed by atoms with Crippen LogP contribution in [0.4, 0.5) is 0 Å². The molecule has 0 saturated heterocycles. The van der Waals surface area contributed by atoms with Gasteiger partial charge in [0, 0.05) is 12.7 Å². The van der Waals surface area contributed by atoms with Crippen LogP contribution < -0.4 is 5.56 Å². The molecule has 6 nitrogen and oxygen atoms in total. The molecule has 2 heterocycles. The second-order valence-electron chi connectivity index (χ2n) is 6.70. The zero-order valence-corrected chi connectivity index (χ0v) is 17.4. The molecular weight excluding hydrogens is 382 g/mol. The average Bonchev–Trinajstić information content (AvgIpc) is 3.04. The van der Waals surface area contributed by atoms with Gasteiger partial charge in [0.2, 0.25) is 0 Å². The third-order valence-corrected chi connectivity index (χ3v) is 6.07. The van der Waals surface area contributed by atoms with E-state index in [0.717, 1.165) is 11.1 Å². The third kappa shape index (κ3) is 3.97. The lowest BCUT2D eigenvalue weighted by atomic mass is 10.1. The highest BCUT2D eigenvalue weighted by molar-refractivity contribution is 7.83. The zero-order valence-electron chi connectivity index (χ0n) is 15.8. The van der Waals surface area contributed by atoms with Gasteiger partial charge in [0.25, 0.3) is 5.56 Å². The van der Waals surface area contributed by atoms with Crippen molar-refractivity contribution in [1.29, 1.82) is 0 Å². The quantitative estimate of drug-likeness (QED) is 0.638. The van der Waals surface area contributed by atoms with Crippen LogP contribution in [0.25, 0.3) is 11.0 Å². The van der Waals surface area contributed by atoms with Crippen LogP contribution in [0.1, 0.15) is 25.0 Å². The van der Waals surface area contributed by atoms with Crippen LogP contribution in [-0.2, 0) is 22.3 Å². The molecule has 0 spiro atoms. The fourth-order valence-corrected chi connectivity index (χ4v) is 4.33. The monoisotopic (exact) mass is 405 g/mol. The second-order valence-corrected chi connectivity index (χ2v) is 8.45. The van der Waals surface area contributed by atoms with Gasteiger partial charge < -0.3 is 9.30 Å². The highest BCUT2D eigenvalue weighted by Gasteiger charge is 2.16. The maximum atomic E-state index is 13.1. The number of aromatic nitrogens is 3. The van der Waals surface area contributed by atoms with E-state index in [-0.39, 0.29) is 11.7 Å². The van der Waals surface area contributed by atoms with Gasteiger partial charge in [-0.25, -0.2) is 4.21 Å². The molecule has 0 aliphatic carbocycles. The summed E-state index contributed by atoms with van der Waals surface area (Å²) in [5.74, 6) is 0. The van der Waals surface area contributed by atoms with E-state index in [4.69, 9.17) is 17.0 Å². The van der Waals surface area contributed by atoms with Crippen LogP contribution in [0.2, 0.25) is 0 Å². The SMILES string of the molecule is Cc1ccc(S(=O)n2ccc3c2c(=O)[nH]c(=S)n3CCOC(C)C)cc1C. The minimum Gasteiger partial charge on any atom is -0.377 e. The second kappa shape index (κ2) is 7.92. The Hall–Kier alpha value is -2.03. The number of nitrogens with zero attached hydrogens (tertiary/aromatic N) is 2. The van der Waals surface area contributed by atoms with Crippen LogP contribution >= 0.6 is 12.2 Å². The molecule has 0 radical (unpaired) electrons. The van der Waals surface area contributed by atoms with E-state index in [1.165, 1.54) is 3.97 Å². The maximum absolute atomic E-state index is 13.1. The summed E-state index contributed by atoms with van der Waals surface area (Å²) in [4.78, 5) is 15.9. The molecule has 0 fully saturated rings. The minimum atomic E-state index is -1.53. The molecule has 27 heavy (non-hydrogen) atoms. The zero-order chi connectivity index (χ0) is 19.7. The predicted molar refractivity (Wildman–Crippen MR) is 110 cm³/mol. The molecule has 1 aromatic carbocycles. The van der Waals surface area contributed by atoms with Gasteiger partial charge in [0.15, 0.2) is 15.8 Å². The molecule has 0 saturated carbocycles. The summed E-state index contributed by atoms with van der Waals surface area (Å²) >= 11 is 5.31. The van der Waals surface area contributed by atoms with Crippen LogP contribution in [0.3, 0.4) is 0 Å². The van der Waals surface area contributed by atoms with Crippen molar-refractivity contribution in [2.45, 2.75) is 45.2 Å². The van der Waals surface area contributed by atoms with E-state index < -0.39 is 11.0 Å². The minimum absolute atomic E-state index is 0.110. The van der Waals surface area contributed by atoms with Crippen LogP contribution in [0, 0.1) is 18.6 Å². The van der Waals surface area contributed by atoms with E-state index in [9.17, 15) is 9.00 Å². The van der Waals surface area contributed by atoms with Gasteiger partial charge in [-0.15, -0.1) is 0 Å². The predicted octanol–water partition coefficient (Wildman–Crippen LogP) is 3.47. The highest BCUT2D eigenvalue weighted by Crippen LogP contribution is 2.19. The summed E-state index contributed by atoms with van der Waals surface area (Å²) < 4.78 is 22.3. The number of rotatable bonds is 6. The standard InChI is InChI=1S/C19H23N3O3S2/c1-12(2)25-10-9-21-16-7-8-22(17(16)18(23)20-19(21)26)27(24)15-6-5-13(3)14(4)11-15/h5-8,11-12H,9-10H2,1-4H3,(H,20,23,26). The van der Waals surface area contributed by atoms with Crippen molar-refractivity contribution in [3.8, 4) is 0 Å². The normalized spacial score (nSPS) is 12.8. The molecule has 3 aromatic rings. The van der Waals surface area contributed by atoms with Crippen LogP contribution in [0.5, 0.6) is 0 Å². The lowest BCUT2D eigenvalue weighted by Crippen LogP contribution is -2.20. The Kier molecular flexibility index (Phi) is 5.78. The number of H-pyrrole nitrogens is 1. The Morgan fingerprint density at radius 3 is 2.63 bits per heavy atom. The summed E-state index contributed by atoms with van der Waals surface area (Å²) in [5, 5.41) is 0. The van der Waals surface area contributed by atoms with Crippen molar-refractivity contribution in [1.82, 2.24) is 13.5 Å². The molecule has 0 amide bonds. The number of hydrogen-bond donors (Lipinski definition) is 1. The van der Waals surface area contributed by atoms with Gasteiger partial charge in [0.05, 0.1) is 23.1 Å². The summed E-state index contributed by atoms with van der Waals surface area (Å²) in [7, 11) is -1.53. The molecule has 0 aliphatic heterocycles. The summed E-state index contributed by atoms with van der Waals surface area (Å²) in [5.41, 5.74) is 2.82. The van der Waals surface area contributed by atoms with Gasteiger partial charge in [-0.05, 0) is 69.2 Å². The highest BCUT2D eigenvalue weighted by atomic mass is 32.2. The Labute approximate surface area is 165 Å². The Morgan fingerprint density at radius 2 is 1.96 bits per heavy atom. The number of nitrogens with one attached hydrogen (secondary N) is 1. The van der Waals surface area contributed by atoms with Gasteiger partial charge in [-0.2, -0.15) is 0 Å². The lowest BCUT2D eigenvalue weighted by molar-refractivity contribution is 0.0729. The molecule has 1 N–H and O–H groups in total. The van der Waals surface area contributed by atoms with Gasteiger partial charge in [-0.1, -0.05) is 6.07 Å². The first-order valence-corrected chi connectivity index (χ1v) is 10.3. The molecule has 144 valence electrons. The summed E-state index contributed by atoms with van der Waals surface area (Å²) in [6.45, 7) is 8.88. The van der Waals surface area contributed by atoms with Crippen molar-refractivity contribution >= 4 is 34.2 Å². The van der Waals surface area contributed by atoms with E-state index in [1.54, 1.807) is 12.3 Å². The van der Waals surface area contributed by atoms with Gasteiger partial charge >= 0.3 is 0 Å². The molecular formula is C19H23N3O3S2. The van der Waals surface area contributed by atoms with Crippen molar-refractivity contribution in [2.24, 2.45) is 0 Å². The van der Waals surface area contributed by atoms with Crippen LogP contribution in [-0.4, -0.2) is 30.4 Å². The van der Waals surface area contributed by atoms with Crippen molar-refractivity contribution < 1.29 is 8.95 Å². The molecule has 0 bridgehead atoms. The van der Waals surface area contributed by atoms with E-state index in [2.05, 4.69) is 4.98 Å². The fourth-order valence-electron chi connectivity index (χ4n) is 2.85. The number of fused-ring (bicyclic) bond motifs is 1. The number of aromatic amines is 1. The van der Waals surface area contributed by atoms with Crippen molar-refractivity contribution in [3.05, 3.63) is 56.7 Å². The molecule has 8 heteroatoms. The average molecular weight is 406 g/mol. The summed E-state index contributed by atoms with van der Waals surface area (Å²) in [6.07, 6.45) is 1.78. The van der Waals surface area contributed by atoms with Crippen molar-refractivity contribution in [2.75, 3.05) is 6.61 Å². The maximum Gasteiger partial charge on any atom is 0.277 e. The molecule has 1 atom stereocenters. The van der Waals surface area contributed by atoms with E-state index >= 15 is 0 Å². The molecule has 2 aromatic heterocycles. The van der Waals surface area contributed by atoms with E-state index in [0.29, 0.717) is 33.9 Å². The lowest BCUT2D eigenvalue weighted by Gasteiger charge is -2.12. The first kappa shape index (κ1) is 19.7. The van der Waals surface area contributed by atoms with Gasteiger partial charge in [-0.3, -0.25) is 13.8 Å². The van der Waals surface area contributed by atoms with Gasteiger partial charge in [0.1, 0.15) is 5.52 Å².